The van der Waals surface area contributed by atoms with Crippen molar-refractivity contribution in [3.63, 3.8) is 0 Å². The smallest absolute Gasteiger partial charge is 0.223 e. The van der Waals surface area contributed by atoms with Crippen LogP contribution >= 0.6 is 11.8 Å². The van der Waals surface area contributed by atoms with Crippen LogP contribution in [0.3, 0.4) is 0 Å². The average molecular weight is 363 g/mol. The Morgan fingerprint density at radius 2 is 2.08 bits per heavy atom. The van der Waals surface area contributed by atoms with E-state index in [1.54, 1.807) is 12.3 Å². The van der Waals surface area contributed by atoms with Gasteiger partial charge < -0.3 is 10.6 Å². The van der Waals surface area contributed by atoms with E-state index in [1.165, 1.54) is 22.9 Å². The molecule has 0 spiro atoms. The van der Waals surface area contributed by atoms with Crippen molar-refractivity contribution in [3.8, 4) is 6.07 Å². The lowest BCUT2D eigenvalue weighted by molar-refractivity contribution is 0.949. The first kappa shape index (κ1) is 18.0. The molecule has 0 atom stereocenters. The second-order valence-corrected chi connectivity index (χ2v) is 6.86. The van der Waals surface area contributed by atoms with Crippen molar-refractivity contribution >= 4 is 23.3 Å². The molecule has 0 bridgehead atoms. The van der Waals surface area contributed by atoms with Crippen LogP contribution in [0.2, 0.25) is 0 Å². The maximum atomic E-state index is 9.57. The molecular formula is C20H21N5S. The van der Waals surface area contributed by atoms with Crippen LogP contribution in [-0.4, -0.2) is 16.5 Å². The summed E-state index contributed by atoms with van der Waals surface area (Å²) in [6.45, 7) is 4.90. The highest BCUT2D eigenvalue weighted by Gasteiger charge is 2.16. The van der Waals surface area contributed by atoms with E-state index in [0.29, 0.717) is 17.2 Å². The van der Waals surface area contributed by atoms with Gasteiger partial charge in [-0.2, -0.15) is 5.26 Å². The third-order valence-electron chi connectivity index (χ3n) is 4.04. The SMILES string of the molecule is CCC1=CS/C(=C(/C#N)c2ccnc(NCCc3ccc(C)cc3)n2)N1. The van der Waals surface area contributed by atoms with E-state index < -0.39 is 0 Å². The maximum Gasteiger partial charge on any atom is 0.223 e. The van der Waals surface area contributed by atoms with Crippen LogP contribution in [0.1, 0.15) is 30.2 Å². The van der Waals surface area contributed by atoms with Crippen LogP contribution in [0, 0.1) is 18.3 Å². The number of hydrogen-bond donors (Lipinski definition) is 2. The Morgan fingerprint density at radius 3 is 2.77 bits per heavy atom. The molecule has 3 rings (SSSR count). The van der Waals surface area contributed by atoms with Gasteiger partial charge in [-0.3, -0.25) is 0 Å². The number of aromatic nitrogens is 2. The summed E-state index contributed by atoms with van der Waals surface area (Å²) >= 11 is 1.53. The van der Waals surface area contributed by atoms with Crippen LogP contribution in [0.5, 0.6) is 0 Å². The molecule has 26 heavy (non-hydrogen) atoms. The summed E-state index contributed by atoms with van der Waals surface area (Å²) in [5.41, 5.74) is 4.81. The number of hydrogen-bond acceptors (Lipinski definition) is 6. The predicted molar refractivity (Wildman–Crippen MR) is 107 cm³/mol. The van der Waals surface area contributed by atoms with E-state index in [-0.39, 0.29) is 0 Å². The lowest BCUT2D eigenvalue weighted by Crippen LogP contribution is -2.10. The van der Waals surface area contributed by atoms with Gasteiger partial charge in [0.05, 0.1) is 10.7 Å². The van der Waals surface area contributed by atoms with E-state index in [4.69, 9.17) is 0 Å². The number of rotatable bonds is 6. The molecule has 2 heterocycles. The first-order chi connectivity index (χ1) is 12.7. The fourth-order valence-electron chi connectivity index (χ4n) is 2.51. The van der Waals surface area contributed by atoms with E-state index in [0.717, 1.165) is 30.1 Å². The molecule has 2 N–H and O–H groups in total. The van der Waals surface area contributed by atoms with Crippen LogP contribution in [-0.2, 0) is 6.42 Å². The minimum atomic E-state index is 0.537. The van der Waals surface area contributed by atoms with Gasteiger partial charge in [-0.05, 0) is 36.8 Å². The zero-order valence-electron chi connectivity index (χ0n) is 14.9. The number of benzene rings is 1. The summed E-state index contributed by atoms with van der Waals surface area (Å²) in [5.74, 6) is 0.537. The van der Waals surface area contributed by atoms with E-state index >= 15 is 0 Å². The monoisotopic (exact) mass is 363 g/mol. The van der Waals surface area contributed by atoms with Crippen LogP contribution in [0.4, 0.5) is 5.95 Å². The fourth-order valence-corrected chi connectivity index (χ4v) is 3.45. The molecule has 6 heteroatoms. The highest BCUT2D eigenvalue weighted by Crippen LogP contribution is 2.31. The zero-order chi connectivity index (χ0) is 18.4. The zero-order valence-corrected chi connectivity index (χ0v) is 15.7. The molecule has 0 saturated heterocycles. The van der Waals surface area contributed by atoms with Crippen molar-refractivity contribution in [2.75, 3.05) is 11.9 Å². The number of nitrogens with one attached hydrogen (secondary N) is 2. The molecule has 1 aliphatic rings. The van der Waals surface area contributed by atoms with Crippen LogP contribution in [0.15, 0.2) is 52.7 Å². The molecule has 0 amide bonds. The maximum absolute atomic E-state index is 9.57. The lowest BCUT2D eigenvalue weighted by Gasteiger charge is -2.08. The standard InChI is InChI=1S/C20H21N5S/c1-3-16-13-26-19(24-16)17(12-21)18-9-11-23-20(25-18)22-10-8-15-6-4-14(2)5-7-15/h4-7,9,11,13,24H,3,8,10H2,1-2H3,(H,22,23,25)/b19-17-. The largest absolute Gasteiger partial charge is 0.354 e. The van der Waals surface area contributed by atoms with Gasteiger partial charge in [0.15, 0.2) is 0 Å². The quantitative estimate of drug-likeness (QED) is 0.749. The van der Waals surface area contributed by atoms with Gasteiger partial charge in [0.2, 0.25) is 5.95 Å². The molecule has 132 valence electrons. The topological polar surface area (TPSA) is 73.6 Å². The van der Waals surface area contributed by atoms with Crippen molar-refractivity contribution in [2.24, 2.45) is 0 Å². The van der Waals surface area contributed by atoms with E-state index in [9.17, 15) is 5.26 Å². The van der Waals surface area contributed by atoms with Crippen LogP contribution in [0.25, 0.3) is 5.57 Å². The fraction of sp³-hybridized carbons (Fsp3) is 0.250. The number of aryl methyl sites for hydroxylation is 1. The second-order valence-electron chi connectivity index (χ2n) is 5.98. The molecule has 5 nitrogen and oxygen atoms in total. The molecular weight excluding hydrogens is 342 g/mol. The number of thioether (sulfide) groups is 1. The highest BCUT2D eigenvalue weighted by atomic mass is 32.2. The Hall–Kier alpha value is -2.78. The molecule has 0 aliphatic carbocycles. The van der Waals surface area contributed by atoms with Gasteiger partial charge in [0.25, 0.3) is 0 Å². The van der Waals surface area contributed by atoms with Gasteiger partial charge in [0, 0.05) is 18.4 Å². The van der Waals surface area contributed by atoms with Gasteiger partial charge in [0.1, 0.15) is 11.6 Å². The molecule has 0 radical (unpaired) electrons. The van der Waals surface area contributed by atoms with Gasteiger partial charge in [-0.1, -0.05) is 48.5 Å². The molecule has 0 unspecified atom stereocenters. The third kappa shape index (κ3) is 4.44. The average Bonchev–Trinajstić information content (AvgIpc) is 3.13. The number of allylic oxidation sites excluding steroid dienone is 2. The Bertz CT molecular complexity index is 878. The molecule has 2 aromatic rings. The van der Waals surface area contributed by atoms with Crippen molar-refractivity contribution in [1.82, 2.24) is 15.3 Å². The summed E-state index contributed by atoms with van der Waals surface area (Å²) in [6.07, 6.45) is 3.48. The minimum absolute atomic E-state index is 0.537. The Labute approximate surface area is 158 Å². The summed E-state index contributed by atoms with van der Waals surface area (Å²) in [5, 5.41) is 19.0. The molecule has 0 saturated carbocycles. The molecule has 1 aromatic carbocycles. The Balaban J connectivity index is 1.67. The van der Waals surface area contributed by atoms with E-state index in [2.05, 4.69) is 64.8 Å². The summed E-state index contributed by atoms with van der Waals surface area (Å²) in [4.78, 5) is 8.77. The molecule has 1 aromatic heterocycles. The highest BCUT2D eigenvalue weighted by molar-refractivity contribution is 8.06. The van der Waals surface area contributed by atoms with Crippen LogP contribution < -0.4 is 10.6 Å². The number of anilines is 1. The van der Waals surface area contributed by atoms with Crippen molar-refractivity contribution in [2.45, 2.75) is 26.7 Å². The predicted octanol–water partition coefficient (Wildman–Crippen LogP) is 4.22. The minimum Gasteiger partial charge on any atom is -0.354 e. The van der Waals surface area contributed by atoms with Crippen molar-refractivity contribution < 1.29 is 0 Å². The van der Waals surface area contributed by atoms with Gasteiger partial charge in [-0.15, -0.1) is 0 Å². The van der Waals surface area contributed by atoms with Gasteiger partial charge in [-0.25, -0.2) is 9.97 Å². The number of nitrogens with zero attached hydrogens (tertiary/aromatic N) is 3. The van der Waals surface area contributed by atoms with Crippen molar-refractivity contribution in [1.29, 1.82) is 5.26 Å². The van der Waals surface area contributed by atoms with Crippen molar-refractivity contribution in [3.05, 3.63) is 69.5 Å². The summed E-state index contributed by atoms with van der Waals surface area (Å²) in [7, 11) is 0. The third-order valence-corrected chi connectivity index (χ3v) is 4.99. The Morgan fingerprint density at radius 1 is 1.27 bits per heavy atom. The normalized spacial score (nSPS) is 15.0. The summed E-state index contributed by atoms with van der Waals surface area (Å²) < 4.78 is 0. The second kappa shape index (κ2) is 8.54. The Kier molecular flexibility index (Phi) is 5.92. The number of nitriles is 1. The van der Waals surface area contributed by atoms with E-state index in [1.807, 2.05) is 5.41 Å². The first-order valence-electron chi connectivity index (χ1n) is 8.59. The molecule has 1 aliphatic heterocycles. The summed E-state index contributed by atoms with van der Waals surface area (Å²) in [6, 6.07) is 12.5. The first-order valence-corrected chi connectivity index (χ1v) is 9.47. The molecule has 0 fully saturated rings. The lowest BCUT2D eigenvalue weighted by atomic mass is 10.1. The van der Waals surface area contributed by atoms with Gasteiger partial charge >= 0.3 is 0 Å².